The molecule has 3 N–H and O–H groups in total. The lowest BCUT2D eigenvalue weighted by atomic mass is 10.2. The highest BCUT2D eigenvalue weighted by molar-refractivity contribution is 5.88. The first-order valence-electron chi connectivity index (χ1n) is 3.33. The number of anilines is 1. The second kappa shape index (κ2) is 1.95. The summed E-state index contributed by atoms with van der Waals surface area (Å²) in [7, 11) is 0. The van der Waals surface area contributed by atoms with Crippen LogP contribution in [-0.2, 0) is 0 Å². The van der Waals surface area contributed by atoms with Gasteiger partial charge in [0.15, 0.2) is 0 Å². The van der Waals surface area contributed by atoms with Gasteiger partial charge in [0, 0.05) is 11.6 Å². The second-order valence-electron chi connectivity index (χ2n) is 2.49. The van der Waals surface area contributed by atoms with E-state index < -0.39 is 0 Å². The molecule has 2 rings (SSSR count). The van der Waals surface area contributed by atoms with Crippen LogP contribution in [-0.4, -0.2) is 15.2 Å². The Bertz CT molecular complexity index is 354. The molecule has 11 heavy (non-hydrogen) atoms. The van der Waals surface area contributed by atoms with Gasteiger partial charge in [0.2, 0.25) is 0 Å². The van der Waals surface area contributed by atoms with E-state index in [9.17, 15) is 0 Å². The summed E-state index contributed by atoms with van der Waals surface area (Å²) < 4.78 is 0. The van der Waals surface area contributed by atoms with Gasteiger partial charge in [-0.05, 0) is 12.5 Å². The average Bonchev–Trinajstić information content (AvgIpc) is 2.45. The van der Waals surface area contributed by atoms with E-state index >= 15 is 0 Å². The lowest BCUT2D eigenvalue weighted by Crippen LogP contribution is -1.91. The van der Waals surface area contributed by atoms with Crippen molar-refractivity contribution in [2.24, 2.45) is 0 Å². The molecule has 0 bridgehead atoms. The Morgan fingerprint density at radius 2 is 2.27 bits per heavy atom. The van der Waals surface area contributed by atoms with E-state index in [1.54, 1.807) is 12.4 Å². The number of rotatable bonds is 0. The molecule has 4 nitrogen and oxygen atoms in total. The van der Waals surface area contributed by atoms with Crippen LogP contribution in [0.3, 0.4) is 0 Å². The van der Waals surface area contributed by atoms with Crippen LogP contribution in [0.15, 0.2) is 12.4 Å². The van der Waals surface area contributed by atoms with Crippen molar-refractivity contribution in [2.45, 2.75) is 6.92 Å². The molecule has 2 heterocycles. The molecular formula is C7H8N4. The summed E-state index contributed by atoms with van der Waals surface area (Å²) in [5.74, 6) is 0.503. The Labute approximate surface area is 63.4 Å². The molecular weight excluding hydrogens is 140 g/mol. The maximum Gasteiger partial charge on any atom is 0.149 e. The van der Waals surface area contributed by atoms with E-state index in [2.05, 4.69) is 15.2 Å². The Kier molecular flexibility index (Phi) is 1.09. The van der Waals surface area contributed by atoms with Gasteiger partial charge < -0.3 is 5.73 Å². The summed E-state index contributed by atoms with van der Waals surface area (Å²) >= 11 is 0. The summed E-state index contributed by atoms with van der Waals surface area (Å²) in [5.41, 5.74) is 7.50. The molecule has 4 heteroatoms. The molecule has 0 spiro atoms. The molecule has 0 aliphatic rings. The van der Waals surface area contributed by atoms with Gasteiger partial charge in [0.05, 0.1) is 6.20 Å². The zero-order valence-corrected chi connectivity index (χ0v) is 6.13. The van der Waals surface area contributed by atoms with Gasteiger partial charge >= 0.3 is 0 Å². The second-order valence-corrected chi connectivity index (χ2v) is 2.49. The van der Waals surface area contributed by atoms with Crippen LogP contribution in [0, 0.1) is 6.92 Å². The molecule has 0 unspecified atom stereocenters. The van der Waals surface area contributed by atoms with Crippen LogP contribution in [0.5, 0.6) is 0 Å². The van der Waals surface area contributed by atoms with Crippen LogP contribution in [0.4, 0.5) is 5.82 Å². The minimum atomic E-state index is 0.503. The van der Waals surface area contributed by atoms with Crippen molar-refractivity contribution >= 4 is 16.7 Å². The molecule has 56 valence electrons. The normalized spacial score (nSPS) is 10.6. The van der Waals surface area contributed by atoms with E-state index in [4.69, 9.17) is 5.73 Å². The molecule has 0 aliphatic heterocycles. The third kappa shape index (κ3) is 0.756. The number of hydrogen-bond acceptors (Lipinski definition) is 3. The van der Waals surface area contributed by atoms with E-state index in [0.29, 0.717) is 5.82 Å². The van der Waals surface area contributed by atoms with Gasteiger partial charge in [-0.1, -0.05) is 0 Å². The summed E-state index contributed by atoms with van der Waals surface area (Å²) in [6.07, 6.45) is 3.50. The van der Waals surface area contributed by atoms with Gasteiger partial charge in [0.1, 0.15) is 11.3 Å². The smallest absolute Gasteiger partial charge is 0.149 e. The number of nitrogens with two attached hydrogens (primary N) is 1. The molecule has 2 aromatic rings. The lowest BCUT2D eigenvalue weighted by molar-refractivity contribution is 1.12. The van der Waals surface area contributed by atoms with Crippen LogP contribution < -0.4 is 5.73 Å². The van der Waals surface area contributed by atoms with Gasteiger partial charge in [-0.15, -0.1) is 0 Å². The maximum atomic E-state index is 5.59. The third-order valence-electron chi connectivity index (χ3n) is 1.72. The highest BCUT2D eigenvalue weighted by Gasteiger charge is 2.02. The molecule has 2 aromatic heterocycles. The molecule has 0 saturated carbocycles. The first-order chi connectivity index (χ1) is 5.29. The van der Waals surface area contributed by atoms with Gasteiger partial charge in [-0.25, -0.2) is 4.98 Å². The van der Waals surface area contributed by atoms with Crippen molar-refractivity contribution in [3.05, 3.63) is 18.0 Å². The van der Waals surface area contributed by atoms with Crippen molar-refractivity contribution in [3.8, 4) is 0 Å². The van der Waals surface area contributed by atoms with Crippen LogP contribution >= 0.6 is 0 Å². The van der Waals surface area contributed by atoms with Crippen molar-refractivity contribution < 1.29 is 0 Å². The fraction of sp³-hybridized carbons (Fsp3) is 0.143. The first kappa shape index (κ1) is 6.15. The molecule has 0 amide bonds. The molecule has 0 aromatic carbocycles. The highest BCUT2D eigenvalue weighted by atomic mass is 15.1. The first-order valence-corrected chi connectivity index (χ1v) is 3.33. The Hall–Kier alpha value is -1.58. The summed E-state index contributed by atoms with van der Waals surface area (Å²) in [6.45, 7) is 1.98. The summed E-state index contributed by atoms with van der Waals surface area (Å²) in [6, 6.07) is 0. The van der Waals surface area contributed by atoms with Crippen molar-refractivity contribution in [3.63, 3.8) is 0 Å². The van der Waals surface area contributed by atoms with Gasteiger partial charge in [0.25, 0.3) is 0 Å². The number of nitrogen functional groups attached to an aromatic ring is 1. The topological polar surface area (TPSA) is 67.6 Å². The Balaban J connectivity index is 2.96. The van der Waals surface area contributed by atoms with E-state index in [0.717, 1.165) is 16.5 Å². The third-order valence-corrected chi connectivity index (χ3v) is 1.72. The highest BCUT2D eigenvalue weighted by Crippen LogP contribution is 2.18. The average molecular weight is 148 g/mol. The van der Waals surface area contributed by atoms with E-state index in [1.807, 2.05) is 6.92 Å². The number of nitrogens with zero attached hydrogens (tertiary/aromatic N) is 2. The maximum absolute atomic E-state index is 5.59. The Morgan fingerprint density at radius 3 is 3.00 bits per heavy atom. The monoisotopic (exact) mass is 148 g/mol. The van der Waals surface area contributed by atoms with Crippen LogP contribution in [0.2, 0.25) is 0 Å². The lowest BCUT2D eigenvalue weighted by Gasteiger charge is -1.95. The quantitative estimate of drug-likeness (QED) is 0.582. The number of fused-ring (bicyclic) bond motifs is 1. The standard InChI is InChI=1S/C7H8N4/c1-4-2-9-7(8)6-5(4)3-10-11-6/h2-3H,1H3,(H2,8,9)(H,10,11). The van der Waals surface area contributed by atoms with Crippen molar-refractivity contribution in [1.82, 2.24) is 15.2 Å². The zero-order chi connectivity index (χ0) is 7.84. The number of hydrogen-bond donors (Lipinski definition) is 2. The van der Waals surface area contributed by atoms with Gasteiger partial charge in [-0.3, -0.25) is 5.10 Å². The number of aromatic amines is 1. The fourth-order valence-corrected chi connectivity index (χ4v) is 1.08. The largest absolute Gasteiger partial charge is 0.382 e. The van der Waals surface area contributed by atoms with Crippen molar-refractivity contribution in [2.75, 3.05) is 5.73 Å². The molecule has 0 aliphatic carbocycles. The number of pyridine rings is 1. The minimum absolute atomic E-state index is 0.503. The Morgan fingerprint density at radius 1 is 1.45 bits per heavy atom. The number of aromatic nitrogens is 3. The minimum Gasteiger partial charge on any atom is -0.382 e. The number of H-pyrrole nitrogens is 1. The zero-order valence-electron chi connectivity index (χ0n) is 6.13. The summed E-state index contributed by atoms with van der Waals surface area (Å²) in [5, 5.41) is 7.71. The molecule has 0 saturated heterocycles. The fourth-order valence-electron chi connectivity index (χ4n) is 1.08. The predicted octanol–water partition coefficient (Wildman–Crippen LogP) is 0.849. The molecule has 0 fully saturated rings. The van der Waals surface area contributed by atoms with Crippen LogP contribution in [0.25, 0.3) is 10.9 Å². The van der Waals surface area contributed by atoms with Gasteiger partial charge in [-0.2, -0.15) is 5.10 Å². The van der Waals surface area contributed by atoms with Crippen molar-refractivity contribution in [1.29, 1.82) is 0 Å². The van der Waals surface area contributed by atoms with Crippen LogP contribution in [0.1, 0.15) is 5.56 Å². The van der Waals surface area contributed by atoms with E-state index in [1.165, 1.54) is 0 Å². The summed E-state index contributed by atoms with van der Waals surface area (Å²) in [4.78, 5) is 3.99. The van der Waals surface area contributed by atoms with E-state index in [-0.39, 0.29) is 0 Å². The number of aryl methyl sites for hydroxylation is 1. The molecule has 0 atom stereocenters. The number of nitrogens with one attached hydrogen (secondary N) is 1. The SMILES string of the molecule is Cc1cnc(N)c2[nH]ncc12. The molecule has 0 radical (unpaired) electrons. The predicted molar refractivity (Wildman–Crippen MR) is 43.0 cm³/mol.